The van der Waals surface area contributed by atoms with Gasteiger partial charge in [0.1, 0.15) is 5.69 Å². The second-order valence-electron chi connectivity index (χ2n) is 9.25. The quantitative estimate of drug-likeness (QED) is 0.464. The van der Waals surface area contributed by atoms with Gasteiger partial charge in [0.15, 0.2) is 5.82 Å². The van der Waals surface area contributed by atoms with Crippen LogP contribution in [0.25, 0.3) is 22.3 Å². The maximum atomic E-state index is 13.1. The maximum absolute atomic E-state index is 13.1. The average Bonchev–Trinajstić information content (AvgIpc) is 2.85. The van der Waals surface area contributed by atoms with Gasteiger partial charge >= 0.3 is 0 Å². The summed E-state index contributed by atoms with van der Waals surface area (Å²) >= 11 is 0. The van der Waals surface area contributed by atoms with Crippen LogP contribution in [-0.4, -0.2) is 47.0 Å². The number of anilines is 1. The Morgan fingerprint density at radius 2 is 1.58 bits per heavy atom. The summed E-state index contributed by atoms with van der Waals surface area (Å²) in [5.41, 5.74) is 6.30. The normalized spacial score (nSPS) is 15.2. The second kappa shape index (κ2) is 10.3. The Labute approximate surface area is 197 Å². The lowest BCUT2D eigenvalue weighted by atomic mass is 9.97. The van der Waals surface area contributed by atoms with Crippen LogP contribution < -0.4 is 4.90 Å². The molecule has 0 unspecified atom stereocenters. The summed E-state index contributed by atoms with van der Waals surface area (Å²) < 4.78 is 0. The first kappa shape index (κ1) is 23.2. The van der Waals surface area contributed by atoms with E-state index in [4.69, 9.17) is 9.97 Å². The van der Waals surface area contributed by atoms with Crippen molar-refractivity contribution in [2.75, 3.05) is 31.1 Å². The van der Waals surface area contributed by atoms with E-state index in [9.17, 15) is 4.79 Å². The van der Waals surface area contributed by atoms with Crippen LogP contribution in [0.5, 0.6) is 0 Å². The number of amides is 1. The van der Waals surface area contributed by atoms with E-state index < -0.39 is 0 Å². The van der Waals surface area contributed by atoms with Crippen molar-refractivity contribution in [2.24, 2.45) is 5.92 Å². The van der Waals surface area contributed by atoms with Crippen LogP contribution in [0.4, 0.5) is 5.82 Å². The SMILES string of the molecule is CCCC[C@@H](CC)C(=O)N1CCN(c2nc3cc(C)c(C)cc3nc2-c2ccccc2)CC1. The standard InChI is InChI=1S/C28H36N4O/c1-5-7-11-22(6-2)28(33)32-16-14-31(15-17-32)27-26(23-12-9-8-10-13-23)29-24-18-20(3)21(4)19-25(24)30-27/h8-10,12-13,18-19,22H,5-7,11,14-17H2,1-4H3/t22-/m1/s1. The summed E-state index contributed by atoms with van der Waals surface area (Å²) in [4.78, 5) is 27.6. The zero-order valence-corrected chi connectivity index (χ0v) is 20.5. The first-order valence-electron chi connectivity index (χ1n) is 12.4. The molecule has 0 bridgehead atoms. The predicted molar refractivity (Wildman–Crippen MR) is 137 cm³/mol. The number of hydrogen-bond donors (Lipinski definition) is 0. The summed E-state index contributed by atoms with van der Waals surface area (Å²) in [5, 5.41) is 0. The number of carbonyl (C=O) groups is 1. The molecule has 0 aliphatic carbocycles. The lowest BCUT2D eigenvalue weighted by molar-refractivity contribution is -0.136. The summed E-state index contributed by atoms with van der Waals surface area (Å²) in [5.74, 6) is 1.40. The fourth-order valence-electron chi connectivity index (χ4n) is 4.66. The molecular formula is C28H36N4O. The fourth-order valence-corrected chi connectivity index (χ4v) is 4.66. The van der Waals surface area contributed by atoms with Crippen LogP contribution in [0.15, 0.2) is 42.5 Å². The average molecular weight is 445 g/mol. The molecule has 1 aliphatic heterocycles. The Morgan fingerprint density at radius 1 is 0.939 bits per heavy atom. The molecular weight excluding hydrogens is 408 g/mol. The van der Waals surface area contributed by atoms with Gasteiger partial charge in [-0.15, -0.1) is 0 Å². The van der Waals surface area contributed by atoms with Gasteiger partial charge in [-0.1, -0.05) is 57.0 Å². The van der Waals surface area contributed by atoms with Crippen molar-refractivity contribution in [3.63, 3.8) is 0 Å². The van der Waals surface area contributed by atoms with Crippen molar-refractivity contribution in [3.8, 4) is 11.3 Å². The number of rotatable bonds is 7. The zero-order valence-electron chi connectivity index (χ0n) is 20.5. The van der Waals surface area contributed by atoms with Gasteiger partial charge < -0.3 is 9.80 Å². The number of nitrogens with zero attached hydrogens (tertiary/aromatic N) is 4. The molecule has 0 spiro atoms. The predicted octanol–water partition coefficient (Wildman–Crippen LogP) is 5.78. The van der Waals surface area contributed by atoms with Gasteiger partial charge in [-0.2, -0.15) is 0 Å². The molecule has 2 aromatic carbocycles. The molecule has 0 N–H and O–H groups in total. The monoisotopic (exact) mass is 444 g/mol. The van der Waals surface area contributed by atoms with Crippen molar-refractivity contribution in [2.45, 2.75) is 53.4 Å². The van der Waals surface area contributed by atoms with Crippen LogP contribution >= 0.6 is 0 Å². The molecule has 0 saturated carbocycles. The molecule has 5 nitrogen and oxygen atoms in total. The van der Waals surface area contributed by atoms with E-state index in [1.165, 1.54) is 11.1 Å². The molecule has 1 aliphatic rings. The van der Waals surface area contributed by atoms with Crippen LogP contribution in [0.3, 0.4) is 0 Å². The van der Waals surface area contributed by atoms with Crippen LogP contribution in [0.2, 0.25) is 0 Å². The van der Waals surface area contributed by atoms with E-state index in [0.29, 0.717) is 5.91 Å². The van der Waals surface area contributed by atoms with Gasteiger partial charge in [0, 0.05) is 37.7 Å². The molecule has 174 valence electrons. The largest absolute Gasteiger partial charge is 0.351 e. The fraction of sp³-hybridized carbons (Fsp3) is 0.464. The number of carbonyl (C=O) groups excluding carboxylic acids is 1. The number of unbranched alkanes of at least 4 members (excludes halogenated alkanes) is 1. The lowest BCUT2D eigenvalue weighted by Gasteiger charge is -2.37. The van der Waals surface area contributed by atoms with Crippen molar-refractivity contribution in [3.05, 3.63) is 53.6 Å². The van der Waals surface area contributed by atoms with E-state index in [2.05, 4.69) is 61.8 Å². The molecule has 2 heterocycles. The molecule has 33 heavy (non-hydrogen) atoms. The summed E-state index contributed by atoms with van der Waals surface area (Å²) in [6.45, 7) is 11.6. The van der Waals surface area contributed by atoms with Crippen LogP contribution in [0, 0.1) is 19.8 Å². The van der Waals surface area contributed by atoms with Crippen molar-refractivity contribution in [1.29, 1.82) is 0 Å². The lowest BCUT2D eigenvalue weighted by Crippen LogP contribution is -2.50. The van der Waals surface area contributed by atoms with Gasteiger partial charge in [0.25, 0.3) is 0 Å². The highest BCUT2D eigenvalue weighted by Crippen LogP contribution is 2.31. The molecule has 1 aromatic heterocycles. The van der Waals surface area contributed by atoms with Crippen molar-refractivity contribution < 1.29 is 4.79 Å². The van der Waals surface area contributed by atoms with E-state index in [0.717, 1.165) is 80.0 Å². The van der Waals surface area contributed by atoms with E-state index in [1.54, 1.807) is 0 Å². The minimum absolute atomic E-state index is 0.156. The third-order valence-corrected chi connectivity index (χ3v) is 6.95. The molecule has 0 radical (unpaired) electrons. The highest BCUT2D eigenvalue weighted by Gasteiger charge is 2.28. The number of aryl methyl sites for hydroxylation is 2. The Morgan fingerprint density at radius 3 is 2.18 bits per heavy atom. The number of hydrogen-bond acceptors (Lipinski definition) is 4. The summed E-state index contributed by atoms with van der Waals surface area (Å²) in [7, 11) is 0. The molecule has 1 atom stereocenters. The smallest absolute Gasteiger partial charge is 0.225 e. The Bertz CT molecular complexity index is 1100. The first-order chi connectivity index (χ1) is 16.0. The van der Waals surface area contributed by atoms with Crippen LogP contribution in [-0.2, 0) is 4.79 Å². The zero-order chi connectivity index (χ0) is 23.4. The molecule has 4 rings (SSSR count). The molecule has 1 amide bonds. The molecule has 1 fully saturated rings. The molecule has 3 aromatic rings. The number of piperazine rings is 1. The van der Waals surface area contributed by atoms with Gasteiger partial charge in [0.2, 0.25) is 5.91 Å². The van der Waals surface area contributed by atoms with E-state index in [-0.39, 0.29) is 5.92 Å². The van der Waals surface area contributed by atoms with Gasteiger partial charge in [0.05, 0.1) is 11.0 Å². The van der Waals surface area contributed by atoms with Gasteiger partial charge in [-0.05, 0) is 49.9 Å². The first-order valence-corrected chi connectivity index (χ1v) is 12.4. The second-order valence-corrected chi connectivity index (χ2v) is 9.25. The molecule has 5 heteroatoms. The number of benzene rings is 2. The van der Waals surface area contributed by atoms with E-state index >= 15 is 0 Å². The van der Waals surface area contributed by atoms with Gasteiger partial charge in [-0.3, -0.25) is 4.79 Å². The molecule has 1 saturated heterocycles. The highest BCUT2D eigenvalue weighted by atomic mass is 16.2. The number of fused-ring (bicyclic) bond motifs is 1. The minimum atomic E-state index is 0.156. The van der Waals surface area contributed by atoms with Gasteiger partial charge in [-0.25, -0.2) is 9.97 Å². The third-order valence-electron chi connectivity index (χ3n) is 6.95. The topological polar surface area (TPSA) is 49.3 Å². The van der Waals surface area contributed by atoms with E-state index in [1.807, 2.05) is 18.2 Å². The Kier molecular flexibility index (Phi) is 7.26. The van der Waals surface area contributed by atoms with Crippen LogP contribution in [0.1, 0.15) is 50.7 Å². The van der Waals surface area contributed by atoms with Crippen molar-refractivity contribution in [1.82, 2.24) is 14.9 Å². The number of aromatic nitrogens is 2. The minimum Gasteiger partial charge on any atom is -0.351 e. The summed E-state index contributed by atoms with van der Waals surface area (Å²) in [6, 6.07) is 14.6. The Hall–Kier alpha value is -2.95. The summed E-state index contributed by atoms with van der Waals surface area (Å²) in [6.07, 6.45) is 4.18. The third kappa shape index (κ3) is 5.02. The van der Waals surface area contributed by atoms with Crippen molar-refractivity contribution >= 4 is 22.8 Å². The Balaban J connectivity index is 1.61. The highest BCUT2D eigenvalue weighted by molar-refractivity contribution is 5.85. The maximum Gasteiger partial charge on any atom is 0.225 e.